The van der Waals surface area contributed by atoms with Gasteiger partial charge in [-0.15, -0.1) is 0 Å². The summed E-state index contributed by atoms with van der Waals surface area (Å²) in [6.07, 6.45) is 3.72. The van der Waals surface area contributed by atoms with E-state index in [4.69, 9.17) is 4.74 Å². The van der Waals surface area contributed by atoms with E-state index in [0.717, 1.165) is 5.52 Å². The molecule has 0 amide bonds. The highest BCUT2D eigenvalue weighted by atomic mass is 16.5. The first-order valence-electron chi connectivity index (χ1n) is 5.21. The Morgan fingerprint density at radius 2 is 1.94 bits per heavy atom. The van der Waals surface area contributed by atoms with Crippen molar-refractivity contribution in [1.82, 2.24) is 9.55 Å². The Labute approximate surface area is 93.3 Å². The molecule has 0 saturated heterocycles. The third-order valence-electron chi connectivity index (χ3n) is 2.83. The molecule has 0 aliphatic heterocycles. The molecule has 0 bridgehead atoms. The van der Waals surface area contributed by atoms with Crippen LogP contribution in [-0.2, 0) is 11.5 Å². The van der Waals surface area contributed by atoms with Crippen LogP contribution in [0.4, 0.5) is 0 Å². The molecule has 0 fully saturated rings. The lowest BCUT2D eigenvalue weighted by Gasteiger charge is -2.04. The van der Waals surface area contributed by atoms with Crippen LogP contribution in [0.25, 0.3) is 21.8 Å². The molecule has 0 unspecified atom stereocenters. The van der Waals surface area contributed by atoms with Crippen molar-refractivity contribution >= 4 is 21.8 Å². The van der Waals surface area contributed by atoms with Crippen LogP contribution in [0.3, 0.4) is 0 Å². The average Bonchev–Trinajstić information content (AvgIpc) is 2.66. The molecule has 3 rings (SSSR count). The van der Waals surface area contributed by atoms with Crippen molar-refractivity contribution in [2.75, 3.05) is 7.11 Å². The number of ether oxygens (including phenoxy) is 1. The predicted octanol–water partition coefficient (Wildman–Crippen LogP) is 2.79. The third kappa shape index (κ3) is 1.22. The van der Waals surface area contributed by atoms with Gasteiger partial charge in [-0.25, -0.2) is 0 Å². The number of hydrogen-bond donors (Lipinski definition) is 0. The van der Waals surface area contributed by atoms with Crippen LogP contribution < -0.4 is 0 Å². The van der Waals surface area contributed by atoms with Crippen LogP contribution in [-0.4, -0.2) is 16.7 Å². The fraction of sp³-hybridized carbons (Fsp3) is 0.154. The van der Waals surface area contributed by atoms with E-state index in [1.54, 1.807) is 7.11 Å². The van der Waals surface area contributed by atoms with Crippen molar-refractivity contribution in [3.63, 3.8) is 0 Å². The Morgan fingerprint density at radius 3 is 2.81 bits per heavy atom. The van der Waals surface area contributed by atoms with Gasteiger partial charge in [0.2, 0.25) is 0 Å². The first-order valence-corrected chi connectivity index (χ1v) is 5.21. The Bertz CT molecular complexity index is 589. The van der Waals surface area contributed by atoms with Crippen molar-refractivity contribution in [2.24, 2.45) is 0 Å². The molecule has 3 nitrogen and oxygen atoms in total. The number of aromatic nitrogens is 2. The van der Waals surface area contributed by atoms with Gasteiger partial charge in [-0.05, 0) is 12.1 Å². The van der Waals surface area contributed by atoms with Crippen LogP contribution in [0, 0.1) is 0 Å². The van der Waals surface area contributed by atoms with Crippen molar-refractivity contribution in [3.05, 3.63) is 42.7 Å². The summed E-state index contributed by atoms with van der Waals surface area (Å²) in [5.74, 6) is 0. The van der Waals surface area contributed by atoms with E-state index >= 15 is 0 Å². The lowest BCUT2D eigenvalue weighted by atomic mass is 10.2. The maximum absolute atomic E-state index is 5.24. The fourth-order valence-corrected chi connectivity index (χ4v) is 2.16. The van der Waals surface area contributed by atoms with E-state index in [-0.39, 0.29) is 0 Å². The summed E-state index contributed by atoms with van der Waals surface area (Å²) in [6.45, 7) is 0.564. The lowest BCUT2D eigenvalue weighted by molar-refractivity contribution is 0.138. The van der Waals surface area contributed by atoms with E-state index in [2.05, 4.69) is 21.7 Å². The van der Waals surface area contributed by atoms with Gasteiger partial charge in [-0.1, -0.05) is 18.2 Å². The third-order valence-corrected chi connectivity index (χ3v) is 2.83. The van der Waals surface area contributed by atoms with Gasteiger partial charge >= 0.3 is 0 Å². The molecule has 0 aliphatic carbocycles. The Morgan fingerprint density at radius 1 is 1.12 bits per heavy atom. The molecule has 80 valence electrons. The molecular weight excluding hydrogens is 200 g/mol. The Kier molecular flexibility index (Phi) is 2.11. The van der Waals surface area contributed by atoms with Gasteiger partial charge in [0.25, 0.3) is 0 Å². The van der Waals surface area contributed by atoms with Crippen LogP contribution in [0.15, 0.2) is 42.7 Å². The van der Waals surface area contributed by atoms with E-state index < -0.39 is 0 Å². The number of rotatable bonds is 2. The summed E-state index contributed by atoms with van der Waals surface area (Å²) in [5, 5.41) is 2.40. The summed E-state index contributed by atoms with van der Waals surface area (Å²) in [5.41, 5.74) is 2.35. The molecule has 0 spiro atoms. The summed E-state index contributed by atoms with van der Waals surface area (Å²) >= 11 is 0. The first-order chi connectivity index (χ1) is 7.92. The van der Waals surface area contributed by atoms with Gasteiger partial charge in [0, 0.05) is 30.3 Å². The summed E-state index contributed by atoms with van der Waals surface area (Å²) in [4.78, 5) is 4.18. The second kappa shape index (κ2) is 3.61. The van der Waals surface area contributed by atoms with Crippen LogP contribution in [0.5, 0.6) is 0 Å². The first kappa shape index (κ1) is 9.36. The second-order valence-corrected chi connectivity index (χ2v) is 3.76. The highest BCUT2D eigenvalue weighted by Gasteiger charge is 2.08. The minimum Gasteiger partial charge on any atom is -0.364 e. The normalized spacial score (nSPS) is 11.3. The fourth-order valence-electron chi connectivity index (χ4n) is 2.16. The van der Waals surface area contributed by atoms with Crippen LogP contribution in [0.2, 0.25) is 0 Å². The van der Waals surface area contributed by atoms with Gasteiger partial charge in [-0.2, -0.15) is 0 Å². The molecule has 16 heavy (non-hydrogen) atoms. The van der Waals surface area contributed by atoms with Gasteiger partial charge in [0.15, 0.2) is 0 Å². The number of nitrogens with zero attached hydrogens (tertiary/aromatic N) is 2. The topological polar surface area (TPSA) is 27.1 Å². The quantitative estimate of drug-likeness (QED) is 0.653. The zero-order valence-electron chi connectivity index (χ0n) is 9.05. The molecule has 0 radical (unpaired) electrons. The number of benzene rings is 1. The maximum atomic E-state index is 5.24. The van der Waals surface area contributed by atoms with Crippen molar-refractivity contribution in [2.45, 2.75) is 6.73 Å². The number of para-hydroxylation sites is 1. The SMILES string of the molecule is COCn1c2ccccc2c2cnccc21. The molecule has 0 atom stereocenters. The molecule has 0 N–H and O–H groups in total. The molecular formula is C13H12N2O. The van der Waals surface area contributed by atoms with E-state index in [1.165, 1.54) is 16.3 Å². The minimum atomic E-state index is 0.564. The maximum Gasteiger partial charge on any atom is 0.123 e. The van der Waals surface area contributed by atoms with Crippen LogP contribution >= 0.6 is 0 Å². The smallest absolute Gasteiger partial charge is 0.123 e. The van der Waals surface area contributed by atoms with Crippen molar-refractivity contribution in [3.8, 4) is 0 Å². The monoisotopic (exact) mass is 212 g/mol. The predicted molar refractivity (Wildman–Crippen MR) is 64.2 cm³/mol. The Hall–Kier alpha value is -1.87. The van der Waals surface area contributed by atoms with Gasteiger partial charge in [-0.3, -0.25) is 4.98 Å². The number of methoxy groups -OCH3 is 1. The van der Waals surface area contributed by atoms with Crippen molar-refractivity contribution in [1.29, 1.82) is 0 Å². The molecule has 0 aliphatic rings. The molecule has 3 aromatic rings. The molecule has 2 heterocycles. The standard InChI is InChI=1S/C13H12N2O/c1-16-9-15-12-5-3-2-4-10(12)11-8-14-7-6-13(11)15/h2-8H,9H2,1H3. The highest BCUT2D eigenvalue weighted by molar-refractivity contribution is 6.07. The number of fused-ring (bicyclic) bond motifs is 3. The minimum absolute atomic E-state index is 0.564. The van der Waals surface area contributed by atoms with E-state index in [9.17, 15) is 0 Å². The molecule has 3 heteroatoms. The second-order valence-electron chi connectivity index (χ2n) is 3.76. The lowest BCUT2D eigenvalue weighted by Crippen LogP contribution is -1.98. The summed E-state index contributed by atoms with van der Waals surface area (Å²) < 4.78 is 7.40. The van der Waals surface area contributed by atoms with Crippen LogP contribution in [0.1, 0.15) is 0 Å². The zero-order valence-corrected chi connectivity index (χ0v) is 9.05. The Balaban J connectivity index is 2.49. The summed E-state index contributed by atoms with van der Waals surface area (Å²) in [6, 6.07) is 10.3. The number of hydrogen-bond acceptors (Lipinski definition) is 2. The summed E-state index contributed by atoms with van der Waals surface area (Å²) in [7, 11) is 1.71. The molecule has 0 saturated carbocycles. The van der Waals surface area contributed by atoms with E-state index in [1.807, 2.05) is 30.6 Å². The highest BCUT2D eigenvalue weighted by Crippen LogP contribution is 2.27. The van der Waals surface area contributed by atoms with Gasteiger partial charge < -0.3 is 9.30 Å². The molecule has 2 aromatic heterocycles. The van der Waals surface area contributed by atoms with Gasteiger partial charge in [0.05, 0.1) is 11.0 Å². The van der Waals surface area contributed by atoms with E-state index in [0.29, 0.717) is 6.73 Å². The zero-order chi connectivity index (χ0) is 11.0. The number of pyridine rings is 1. The van der Waals surface area contributed by atoms with Crippen molar-refractivity contribution < 1.29 is 4.74 Å². The largest absolute Gasteiger partial charge is 0.364 e. The average molecular weight is 212 g/mol. The van der Waals surface area contributed by atoms with Gasteiger partial charge in [0.1, 0.15) is 6.73 Å². The molecule has 1 aromatic carbocycles.